The third-order valence-corrected chi connectivity index (χ3v) is 2.81. The molecule has 2 unspecified atom stereocenters. The molecule has 0 saturated carbocycles. The number of hydrogen-bond acceptors (Lipinski definition) is 2. The second-order valence-electron chi connectivity index (χ2n) is 3.86. The minimum absolute atomic E-state index is 0.0256. The minimum atomic E-state index is -0.0256. The molecule has 0 fully saturated rings. The van der Waals surface area contributed by atoms with Crippen molar-refractivity contribution in [2.24, 2.45) is 17.6 Å². The fourth-order valence-corrected chi connectivity index (χ4v) is 2.08. The first-order valence-electron chi connectivity index (χ1n) is 4.72. The lowest BCUT2D eigenvalue weighted by Gasteiger charge is -2.18. The van der Waals surface area contributed by atoms with Crippen LogP contribution in [-0.2, 0) is 4.79 Å². The van der Waals surface area contributed by atoms with E-state index in [0.29, 0.717) is 12.5 Å². The van der Waals surface area contributed by atoms with E-state index in [1.54, 1.807) is 7.28 Å². The summed E-state index contributed by atoms with van der Waals surface area (Å²) in [6.45, 7) is 2.62. The number of nitrogens with two attached hydrogens (primary N) is 1. The predicted octanol–water partition coefficient (Wildman–Crippen LogP) is 0.656. The molecule has 0 amide bonds. The van der Waals surface area contributed by atoms with Gasteiger partial charge in [0.1, 0.15) is 0 Å². The number of hydrogen-bond donors (Lipinski definition) is 1. The molecule has 2 nitrogen and oxygen atoms in total. The molecular weight excluding hydrogens is 161 g/mol. The van der Waals surface area contributed by atoms with Crippen LogP contribution in [0.5, 0.6) is 0 Å². The summed E-state index contributed by atoms with van der Waals surface area (Å²) in [6, 6.07) is 0. The lowest BCUT2D eigenvalue weighted by Crippen LogP contribution is -2.23. The Morgan fingerprint density at radius 1 is 1.69 bits per heavy atom. The average molecular weight is 174 g/mol. The van der Waals surface area contributed by atoms with E-state index in [2.05, 4.69) is 19.1 Å². The van der Waals surface area contributed by atoms with Gasteiger partial charge in [0.05, 0.1) is 5.68 Å². The van der Waals surface area contributed by atoms with Gasteiger partial charge in [-0.2, -0.15) is 0 Å². The van der Waals surface area contributed by atoms with Gasteiger partial charge in [-0.05, 0) is 12.3 Å². The molecule has 0 saturated heterocycles. The second-order valence-corrected chi connectivity index (χ2v) is 3.86. The van der Waals surface area contributed by atoms with Crippen molar-refractivity contribution < 1.29 is 4.79 Å². The highest BCUT2D eigenvalue weighted by Crippen LogP contribution is 2.33. The van der Waals surface area contributed by atoms with Gasteiger partial charge in [-0.25, -0.2) is 0 Å². The first-order valence-corrected chi connectivity index (χ1v) is 4.72. The van der Waals surface area contributed by atoms with Gasteiger partial charge in [0, 0.05) is 12.5 Å². The fourth-order valence-electron chi connectivity index (χ4n) is 2.08. The topological polar surface area (TPSA) is 43.1 Å². The summed E-state index contributed by atoms with van der Waals surface area (Å²) in [7, 11) is 1.73. The summed E-state index contributed by atoms with van der Waals surface area (Å²) >= 11 is 0. The molecule has 3 heteroatoms. The Hall–Kier alpha value is -0.825. The van der Waals surface area contributed by atoms with Crippen molar-refractivity contribution in [2.45, 2.75) is 13.3 Å². The Bertz CT molecular complexity index is 306. The zero-order valence-electron chi connectivity index (χ0n) is 7.79. The molecule has 0 bridgehead atoms. The van der Waals surface area contributed by atoms with Crippen molar-refractivity contribution >= 4 is 13.0 Å². The van der Waals surface area contributed by atoms with Crippen LogP contribution in [-0.4, -0.2) is 19.5 Å². The largest absolute Gasteiger partial charge is 0.329 e. The number of allylic oxidation sites excluding steroid dienone is 3. The summed E-state index contributed by atoms with van der Waals surface area (Å²) in [4.78, 5) is 11.5. The van der Waals surface area contributed by atoms with Crippen LogP contribution in [0.2, 0.25) is 0 Å². The molecule has 0 aromatic carbocycles. The maximum atomic E-state index is 11.5. The highest BCUT2D eigenvalue weighted by molar-refractivity contribution is 6.82. The maximum absolute atomic E-state index is 11.5. The summed E-state index contributed by atoms with van der Waals surface area (Å²) < 4.78 is 0. The normalized spacial score (nSPS) is 32.0. The van der Waals surface area contributed by atoms with E-state index in [-0.39, 0.29) is 11.6 Å². The van der Waals surface area contributed by atoms with Crippen molar-refractivity contribution in [3.05, 3.63) is 23.2 Å². The van der Waals surface area contributed by atoms with Gasteiger partial charge in [0.15, 0.2) is 0 Å². The Labute approximate surface area is 79.1 Å². The predicted molar refractivity (Wildman–Crippen MR) is 53.3 cm³/mol. The quantitative estimate of drug-likeness (QED) is 0.593. The lowest BCUT2D eigenvalue weighted by molar-refractivity contribution is -0.113. The third kappa shape index (κ3) is 1.37. The Morgan fingerprint density at radius 2 is 2.46 bits per heavy atom. The van der Waals surface area contributed by atoms with Crippen LogP contribution < -0.4 is 5.73 Å². The minimum Gasteiger partial charge on any atom is -0.329 e. The molecule has 1 aliphatic carbocycles. The van der Waals surface area contributed by atoms with E-state index >= 15 is 0 Å². The van der Waals surface area contributed by atoms with Gasteiger partial charge < -0.3 is 10.5 Å². The Balaban J connectivity index is 2.29. The molecule has 1 radical (unpaired) electrons. The molecule has 1 heterocycles. The van der Waals surface area contributed by atoms with Crippen molar-refractivity contribution in [1.29, 1.82) is 0 Å². The first-order chi connectivity index (χ1) is 6.22. The Morgan fingerprint density at radius 3 is 3.15 bits per heavy atom. The highest BCUT2D eigenvalue weighted by atomic mass is 16.1. The molecule has 0 aromatic rings. The van der Waals surface area contributed by atoms with E-state index in [9.17, 15) is 4.79 Å². The molecule has 1 aliphatic heterocycles. The van der Waals surface area contributed by atoms with Gasteiger partial charge in [-0.1, -0.05) is 30.1 Å². The summed E-state index contributed by atoms with van der Waals surface area (Å²) in [5.74, 6) is 0.523. The van der Waals surface area contributed by atoms with Crippen LogP contribution in [0.1, 0.15) is 13.3 Å². The van der Waals surface area contributed by atoms with Crippen LogP contribution in [0.15, 0.2) is 23.2 Å². The van der Waals surface area contributed by atoms with E-state index < -0.39 is 0 Å². The summed E-state index contributed by atoms with van der Waals surface area (Å²) in [5.41, 5.74) is 8.13. The van der Waals surface area contributed by atoms with Crippen LogP contribution in [0.25, 0.3) is 0 Å². The molecule has 2 atom stereocenters. The van der Waals surface area contributed by atoms with Gasteiger partial charge in [0.2, 0.25) is 7.28 Å². The van der Waals surface area contributed by atoms with Gasteiger partial charge >= 0.3 is 0 Å². The zero-order chi connectivity index (χ0) is 9.42. The molecule has 13 heavy (non-hydrogen) atoms. The van der Waals surface area contributed by atoms with Crippen LogP contribution in [0.4, 0.5) is 0 Å². The number of carbonyl (C=O) groups excluding carboxylic acids is 1. The smallest absolute Gasteiger partial charge is 0.241 e. The van der Waals surface area contributed by atoms with E-state index in [1.165, 1.54) is 5.57 Å². The van der Waals surface area contributed by atoms with E-state index in [0.717, 1.165) is 11.9 Å². The molecule has 67 valence electrons. The molecule has 2 aliphatic rings. The monoisotopic (exact) mass is 174 g/mol. The van der Waals surface area contributed by atoms with E-state index in [4.69, 9.17) is 5.73 Å². The molecule has 0 spiro atoms. The van der Waals surface area contributed by atoms with Crippen LogP contribution in [0, 0.1) is 11.8 Å². The fraction of sp³-hybridized carbons (Fsp3) is 0.500. The molecular formula is C10H13BNO. The molecule has 2 rings (SSSR count). The van der Waals surface area contributed by atoms with Crippen molar-refractivity contribution in [2.75, 3.05) is 6.54 Å². The van der Waals surface area contributed by atoms with E-state index in [1.807, 2.05) is 0 Å². The second kappa shape index (κ2) is 3.15. The highest BCUT2D eigenvalue weighted by Gasteiger charge is 2.33. The number of carbonyl (C=O) groups is 1. The molecule has 2 N–H and O–H groups in total. The Kier molecular flexibility index (Phi) is 2.12. The van der Waals surface area contributed by atoms with Crippen LogP contribution >= 0.6 is 0 Å². The van der Waals surface area contributed by atoms with Gasteiger partial charge in [-0.15, -0.1) is 0 Å². The zero-order valence-corrected chi connectivity index (χ0v) is 7.79. The summed E-state index contributed by atoms with van der Waals surface area (Å²) in [6.07, 6.45) is 5.20. The third-order valence-electron chi connectivity index (χ3n) is 2.81. The van der Waals surface area contributed by atoms with Crippen LogP contribution in [0.3, 0.4) is 0 Å². The standard InChI is InChI=1S/C10H13BNO/c1-6-2-3-9-7(4-6)8(5-12)10(13)11-9/h2-3,6,8H,4-5,12H2,1H3. The van der Waals surface area contributed by atoms with Crippen molar-refractivity contribution in [3.8, 4) is 0 Å². The van der Waals surface area contributed by atoms with Gasteiger partial charge in [-0.3, -0.25) is 0 Å². The number of rotatable bonds is 1. The average Bonchev–Trinajstić information content (AvgIpc) is 2.40. The van der Waals surface area contributed by atoms with Crippen molar-refractivity contribution in [1.82, 2.24) is 0 Å². The van der Waals surface area contributed by atoms with Crippen molar-refractivity contribution in [3.63, 3.8) is 0 Å². The van der Waals surface area contributed by atoms with Gasteiger partial charge in [0.25, 0.3) is 0 Å². The lowest BCUT2D eigenvalue weighted by atomic mass is 9.67. The summed E-state index contributed by atoms with van der Waals surface area (Å²) in [5, 5.41) is 0. The molecule has 0 aromatic heterocycles. The maximum Gasteiger partial charge on any atom is 0.241 e. The first kappa shape index (κ1) is 8.76. The SMILES string of the molecule is CC1C=CC2=C(C1)C(CN)C(=O)[B]2.